The van der Waals surface area contributed by atoms with Gasteiger partial charge in [-0.05, 0) is 12.8 Å². The molecule has 4 aromatic heterocycles. The fourth-order valence-electron chi connectivity index (χ4n) is 6.23. The molecule has 0 radical (unpaired) electrons. The van der Waals surface area contributed by atoms with Crippen LogP contribution in [0.2, 0.25) is 0 Å². The lowest BCUT2D eigenvalue weighted by Gasteiger charge is -2.17. The van der Waals surface area contributed by atoms with E-state index in [1.807, 2.05) is 12.1 Å². The Labute approximate surface area is 288 Å². The Hall–Kier alpha value is -4.70. The van der Waals surface area contributed by atoms with Gasteiger partial charge < -0.3 is 0 Å². The van der Waals surface area contributed by atoms with Crippen LogP contribution in [0, 0.1) is 35.8 Å². The molecule has 0 aliphatic carbocycles. The van der Waals surface area contributed by atoms with Gasteiger partial charge in [0.05, 0.1) is 44.1 Å². The topological polar surface area (TPSA) is 134 Å². The second-order valence-electron chi connectivity index (χ2n) is 11.3. The van der Waals surface area contributed by atoms with Gasteiger partial charge in [0.15, 0.2) is 5.57 Å². The van der Waals surface area contributed by atoms with Gasteiger partial charge >= 0.3 is 0 Å². The highest BCUT2D eigenvalue weighted by Crippen LogP contribution is 2.49. The zero-order valence-corrected chi connectivity index (χ0v) is 29.3. The van der Waals surface area contributed by atoms with Crippen molar-refractivity contribution >= 4 is 112 Å². The van der Waals surface area contributed by atoms with E-state index in [9.17, 15) is 29.7 Å². The molecule has 10 nitrogen and oxygen atoms in total. The predicted octanol–water partition coefficient (Wildman–Crippen LogP) is 7.92. The lowest BCUT2D eigenvalue weighted by molar-refractivity contribution is 0.564. The number of hydrogen-bond donors (Lipinski definition) is 0. The summed E-state index contributed by atoms with van der Waals surface area (Å²) in [6.45, 7) is 20.0. The lowest BCUT2D eigenvalue weighted by atomic mass is 9.96. The fraction of sp³-hybridized carbons (Fsp3) is 0.353. The Bertz CT molecular complexity index is 2620. The molecule has 0 spiro atoms. The molecule has 2 aromatic carbocycles. The third-order valence-corrected chi connectivity index (χ3v) is 13.6. The summed E-state index contributed by atoms with van der Waals surface area (Å²) in [7, 11) is 0. The zero-order chi connectivity index (χ0) is 34.3. The molecule has 6 rings (SSSR count). The molecule has 14 heteroatoms. The quantitative estimate of drug-likeness (QED) is 0.0614. The summed E-state index contributed by atoms with van der Waals surface area (Å²) in [5.74, 6) is 0. The van der Waals surface area contributed by atoms with Crippen molar-refractivity contribution in [3.8, 4) is 12.1 Å². The SMILES string of the molecule is [C-]#[N+]c1sc2c(sc1[N+]#[C-])c1c(=O)n(CCCCCC)c(=O)c3c4sc(=C(C#N)C#N)sc4c4c(=O)n(CCCCCC)c(=O)c2c4c13. The monoisotopic (exact) mass is 710 g/mol. The molecule has 0 bridgehead atoms. The minimum Gasteiger partial charge on any atom is -0.274 e. The van der Waals surface area contributed by atoms with Gasteiger partial charge in [-0.15, -0.1) is 22.7 Å². The number of nitriles is 2. The third-order valence-electron chi connectivity index (χ3n) is 8.48. The molecule has 0 atom stereocenters. The smallest absolute Gasteiger partial charge is 0.262 e. The number of unbranched alkanes of at least 4 members (excludes halogenated alkanes) is 6. The molecule has 0 N–H and O–H groups in total. The molecule has 240 valence electrons. The van der Waals surface area contributed by atoms with Crippen molar-refractivity contribution in [2.24, 2.45) is 0 Å². The standard InChI is InChI=1S/C34H26N6O4S4/c1-5-7-9-11-13-39-30(41)20-18-19-21(25-24(20)45-28(37-3)29(38-4)46-25)31(42)40(14-12-10-8-6-2)33(44)23(19)27-26(22(18)32(39)43)47-34(48-27)17(15-35)16-36/h5-14H2,1-2H3. The molecule has 0 saturated heterocycles. The molecule has 0 fully saturated rings. The van der Waals surface area contributed by atoms with Crippen LogP contribution in [0.25, 0.3) is 66.4 Å². The van der Waals surface area contributed by atoms with Crippen molar-refractivity contribution in [3.05, 3.63) is 68.1 Å². The van der Waals surface area contributed by atoms with E-state index in [1.165, 1.54) is 9.13 Å². The van der Waals surface area contributed by atoms with Crippen LogP contribution in [0.5, 0.6) is 0 Å². The predicted molar refractivity (Wildman–Crippen MR) is 197 cm³/mol. The first-order chi connectivity index (χ1) is 23.3. The molecule has 6 aromatic rings. The molecular weight excluding hydrogens is 685 g/mol. The molecule has 0 saturated carbocycles. The summed E-state index contributed by atoms with van der Waals surface area (Å²) in [6, 6.07) is 3.81. The van der Waals surface area contributed by atoms with Gasteiger partial charge in [0, 0.05) is 33.3 Å². The number of aromatic nitrogens is 2. The van der Waals surface area contributed by atoms with Crippen LogP contribution in [-0.4, -0.2) is 9.13 Å². The number of rotatable bonds is 10. The summed E-state index contributed by atoms with van der Waals surface area (Å²) < 4.78 is 4.07. The van der Waals surface area contributed by atoms with Crippen molar-refractivity contribution in [2.75, 3.05) is 0 Å². The fourth-order valence-corrected chi connectivity index (χ4v) is 11.1. The number of fused-ring (bicyclic) bond motifs is 6. The first-order valence-corrected chi connectivity index (χ1v) is 18.7. The Morgan fingerprint density at radius 1 is 0.583 bits per heavy atom. The van der Waals surface area contributed by atoms with E-state index in [0.29, 0.717) is 35.5 Å². The summed E-state index contributed by atoms with van der Waals surface area (Å²) in [5.41, 5.74) is -2.47. The van der Waals surface area contributed by atoms with Gasteiger partial charge in [-0.1, -0.05) is 52.4 Å². The minimum atomic E-state index is -0.579. The normalized spacial score (nSPS) is 11.4. The minimum absolute atomic E-state index is 0.0611. The van der Waals surface area contributed by atoms with Crippen LogP contribution >= 0.6 is 45.3 Å². The second kappa shape index (κ2) is 13.4. The van der Waals surface area contributed by atoms with Gasteiger partial charge in [0.2, 0.25) is 0 Å². The second-order valence-corrected chi connectivity index (χ2v) is 15.6. The number of nitrogens with zero attached hydrogens (tertiary/aromatic N) is 6. The maximum atomic E-state index is 14.5. The van der Waals surface area contributed by atoms with Crippen LogP contribution < -0.4 is 26.1 Å². The van der Waals surface area contributed by atoms with Crippen molar-refractivity contribution in [3.63, 3.8) is 0 Å². The van der Waals surface area contributed by atoms with E-state index >= 15 is 0 Å². The average Bonchev–Trinajstić information content (AvgIpc) is 3.52. The van der Waals surface area contributed by atoms with E-state index in [0.717, 1.165) is 83.9 Å². The molecule has 48 heavy (non-hydrogen) atoms. The van der Waals surface area contributed by atoms with E-state index in [1.54, 1.807) is 0 Å². The van der Waals surface area contributed by atoms with Crippen LogP contribution in [0.1, 0.15) is 65.2 Å². The largest absolute Gasteiger partial charge is 0.274 e. The summed E-state index contributed by atoms with van der Waals surface area (Å²) in [6.07, 6.45) is 6.52. The van der Waals surface area contributed by atoms with E-state index in [4.69, 9.17) is 13.1 Å². The average molecular weight is 711 g/mol. The maximum Gasteiger partial charge on any atom is 0.262 e. The highest BCUT2D eigenvalue weighted by atomic mass is 32.2. The zero-order valence-electron chi connectivity index (χ0n) is 26.0. The van der Waals surface area contributed by atoms with Gasteiger partial charge in [-0.25, -0.2) is 9.69 Å². The van der Waals surface area contributed by atoms with Crippen molar-refractivity contribution < 1.29 is 0 Å². The number of pyridine rings is 2. The molecule has 0 unspecified atom stereocenters. The summed E-state index contributed by atoms with van der Waals surface area (Å²) >= 11 is 3.98. The Morgan fingerprint density at radius 2 is 0.938 bits per heavy atom. The highest BCUT2D eigenvalue weighted by molar-refractivity contribution is 7.37. The van der Waals surface area contributed by atoms with Crippen LogP contribution in [0.15, 0.2) is 19.2 Å². The van der Waals surface area contributed by atoms with Crippen LogP contribution in [0.3, 0.4) is 0 Å². The van der Waals surface area contributed by atoms with Gasteiger partial charge in [-0.2, -0.15) is 33.2 Å². The number of hydrogen-bond acceptors (Lipinski definition) is 10. The van der Waals surface area contributed by atoms with E-state index in [2.05, 4.69) is 23.5 Å². The number of benzene rings is 2. The summed E-state index contributed by atoms with van der Waals surface area (Å²) in [4.78, 5) is 64.9. The van der Waals surface area contributed by atoms with Gasteiger partial charge in [0.1, 0.15) is 16.0 Å². The van der Waals surface area contributed by atoms with Crippen molar-refractivity contribution in [1.29, 1.82) is 10.5 Å². The Balaban J connectivity index is 1.97. The van der Waals surface area contributed by atoms with Crippen molar-refractivity contribution in [2.45, 2.75) is 78.3 Å². The molecule has 4 heterocycles. The van der Waals surface area contributed by atoms with Crippen molar-refractivity contribution in [1.82, 2.24) is 9.13 Å². The molecule has 0 amide bonds. The first kappa shape index (κ1) is 33.2. The van der Waals surface area contributed by atoms with Crippen LogP contribution in [-0.2, 0) is 13.1 Å². The van der Waals surface area contributed by atoms with E-state index < -0.39 is 22.2 Å². The lowest BCUT2D eigenvalue weighted by Crippen LogP contribution is -2.36. The molecule has 0 aliphatic heterocycles. The first-order valence-electron chi connectivity index (χ1n) is 15.5. The maximum absolute atomic E-state index is 14.5. The highest BCUT2D eigenvalue weighted by Gasteiger charge is 2.29. The van der Waals surface area contributed by atoms with Crippen LogP contribution in [0.4, 0.5) is 10.0 Å². The Kier molecular flexibility index (Phi) is 9.29. The van der Waals surface area contributed by atoms with Gasteiger partial charge in [-0.3, -0.25) is 28.3 Å². The molecular formula is C34H26N6O4S4. The Morgan fingerprint density at radius 3 is 1.25 bits per heavy atom. The van der Waals surface area contributed by atoms with Gasteiger partial charge in [0.25, 0.3) is 32.2 Å². The summed E-state index contributed by atoms with van der Waals surface area (Å²) in [5, 5.41) is 20.5. The third kappa shape index (κ3) is 5.05. The molecule has 0 aliphatic rings. The van der Waals surface area contributed by atoms with E-state index in [-0.39, 0.29) is 61.0 Å².